The summed E-state index contributed by atoms with van der Waals surface area (Å²) >= 11 is 0. The minimum Gasteiger partial charge on any atom is -0.471 e. The smallest absolute Gasteiger partial charge is 0.212 e. The molecule has 5 nitrogen and oxygen atoms in total. The second-order valence-electron chi connectivity index (χ2n) is 4.99. The molecular formula is C13H25N3O2. The molecular weight excluding hydrogens is 230 g/mol. The van der Waals surface area contributed by atoms with Crippen molar-refractivity contribution >= 4 is 0 Å². The third kappa shape index (κ3) is 5.06. The van der Waals surface area contributed by atoms with Crippen LogP contribution in [0.4, 0.5) is 0 Å². The zero-order valence-corrected chi connectivity index (χ0v) is 12.1. The summed E-state index contributed by atoms with van der Waals surface area (Å²) in [5.74, 6) is 1.41. The average molecular weight is 255 g/mol. The van der Waals surface area contributed by atoms with Crippen LogP contribution >= 0.6 is 0 Å². The van der Waals surface area contributed by atoms with Gasteiger partial charge in [0.05, 0.1) is 12.3 Å². The number of ether oxygens (including phenoxy) is 2. The molecule has 0 saturated carbocycles. The summed E-state index contributed by atoms with van der Waals surface area (Å²) < 4.78 is 12.8. The zero-order valence-electron chi connectivity index (χ0n) is 12.1. The van der Waals surface area contributed by atoms with E-state index in [1.54, 1.807) is 11.8 Å². The fraction of sp³-hybridized carbons (Fsp3) is 0.769. The number of rotatable bonds is 8. The van der Waals surface area contributed by atoms with E-state index in [1.165, 1.54) is 0 Å². The van der Waals surface area contributed by atoms with Crippen molar-refractivity contribution < 1.29 is 9.47 Å². The van der Waals surface area contributed by atoms with Gasteiger partial charge in [-0.25, -0.2) is 4.68 Å². The summed E-state index contributed by atoms with van der Waals surface area (Å²) in [5.41, 5.74) is 0.957. The quantitative estimate of drug-likeness (QED) is 0.762. The average Bonchev–Trinajstić information content (AvgIpc) is 2.57. The van der Waals surface area contributed by atoms with Gasteiger partial charge in [-0.3, -0.25) is 0 Å². The Kier molecular flexibility index (Phi) is 6.15. The summed E-state index contributed by atoms with van der Waals surface area (Å²) in [7, 11) is 3.57. The van der Waals surface area contributed by atoms with Gasteiger partial charge in [-0.2, -0.15) is 5.10 Å². The lowest BCUT2D eigenvalue weighted by atomic mass is 10.2. The predicted molar refractivity (Wildman–Crippen MR) is 71.9 cm³/mol. The minimum atomic E-state index is 0.00329. The molecule has 5 heteroatoms. The van der Waals surface area contributed by atoms with E-state index in [4.69, 9.17) is 9.47 Å². The number of nitrogens with zero attached hydrogens (tertiary/aromatic N) is 2. The first kappa shape index (κ1) is 15.0. The molecule has 0 aromatic carbocycles. The number of aromatic nitrogens is 2. The molecule has 0 fully saturated rings. The van der Waals surface area contributed by atoms with Gasteiger partial charge in [-0.1, -0.05) is 13.8 Å². The normalized spacial score (nSPS) is 13.0. The Hall–Kier alpha value is -1.07. The van der Waals surface area contributed by atoms with Crippen LogP contribution in [0, 0.1) is 12.8 Å². The lowest BCUT2D eigenvalue weighted by molar-refractivity contribution is 0.0742. The van der Waals surface area contributed by atoms with Crippen LogP contribution in [0.1, 0.15) is 19.5 Å². The number of aryl methyl sites for hydroxylation is 2. The largest absolute Gasteiger partial charge is 0.471 e. The van der Waals surface area contributed by atoms with E-state index in [0.29, 0.717) is 12.5 Å². The van der Waals surface area contributed by atoms with Crippen molar-refractivity contribution in [2.24, 2.45) is 13.0 Å². The van der Waals surface area contributed by atoms with Crippen molar-refractivity contribution in [2.75, 3.05) is 26.8 Å². The number of hydrogen-bond acceptors (Lipinski definition) is 4. The van der Waals surface area contributed by atoms with Crippen LogP contribution in [0.5, 0.6) is 5.88 Å². The Morgan fingerprint density at radius 3 is 2.61 bits per heavy atom. The van der Waals surface area contributed by atoms with E-state index >= 15 is 0 Å². The van der Waals surface area contributed by atoms with Crippen molar-refractivity contribution in [1.82, 2.24) is 15.1 Å². The SMILES string of the molecule is COCC(CNCC(C)C)Oc1cc(C)nn1C. The van der Waals surface area contributed by atoms with Crippen molar-refractivity contribution in [3.63, 3.8) is 0 Å². The molecule has 0 aliphatic rings. The van der Waals surface area contributed by atoms with Crippen LogP contribution in [0.2, 0.25) is 0 Å². The number of nitrogens with one attached hydrogen (secondary N) is 1. The van der Waals surface area contributed by atoms with E-state index in [2.05, 4.69) is 24.3 Å². The molecule has 0 bridgehead atoms. The molecule has 0 saturated heterocycles. The third-order valence-corrected chi connectivity index (χ3v) is 2.52. The van der Waals surface area contributed by atoms with E-state index in [9.17, 15) is 0 Å². The molecule has 1 aromatic rings. The number of hydrogen-bond donors (Lipinski definition) is 1. The highest BCUT2D eigenvalue weighted by molar-refractivity contribution is 5.14. The summed E-state index contributed by atoms with van der Waals surface area (Å²) in [6.07, 6.45) is 0.00329. The van der Waals surface area contributed by atoms with Gasteiger partial charge in [0, 0.05) is 26.8 Å². The van der Waals surface area contributed by atoms with E-state index in [1.807, 2.05) is 20.0 Å². The van der Waals surface area contributed by atoms with Crippen LogP contribution in [-0.4, -0.2) is 42.7 Å². The molecule has 1 aromatic heterocycles. The molecule has 0 amide bonds. The van der Waals surface area contributed by atoms with Crippen LogP contribution in [0.25, 0.3) is 0 Å². The number of methoxy groups -OCH3 is 1. The highest BCUT2D eigenvalue weighted by Gasteiger charge is 2.13. The molecule has 0 radical (unpaired) electrons. The van der Waals surface area contributed by atoms with Gasteiger partial charge >= 0.3 is 0 Å². The van der Waals surface area contributed by atoms with Gasteiger partial charge in [-0.05, 0) is 19.4 Å². The summed E-state index contributed by atoms with van der Waals surface area (Å²) in [4.78, 5) is 0. The monoisotopic (exact) mass is 255 g/mol. The molecule has 0 spiro atoms. The van der Waals surface area contributed by atoms with Gasteiger partial charge in [0.2, 0.25) is 5.88 Å². The third-order valence-electron chi connectivity index (χ3n) is 2.52. The minimum absolute atomic E-state index is 0.00329. The molecule has 1 heterocycles. The van der Waals surface area contributed by atoms with Gasteiger partial charge in [0.15, 0.2) is 0 Å². The maximum absolute atomic E-state index is 5.90. The molecule has 0 aliphatic carbocycles. The Balaban J connectivity index is 2.49. The maximum atomic E-state index is 5.90. The van der Waals surface area contributed by atoms with Crippen LogP contribution in [-0.2, 0) is 11.8 Å². The van der Waals surface area contributed by atoms with Gasteiger partial charge in [-0.15, -0.1) is 0 Å². The van der Waals surface area contributed by atoms with E-state index < -0.39 is 0 Å². The Bertz CT molecular complexity index is 350. The maximum Gasteiger partial charge on any atom is 0.212 e. The molecule has 1 atom stereocenters. The lowest BCUT2D eigenvalue weighted by Crippen LogP contribution is -2.36. The molecule has 1 N–H and O–H groups in total. The zero-order chi connectivity index (χ0) is 13.5. The van der Waals surface area contributed by atoms with E-state index in [0.717, 1.165) is 24.7 Å². The molecule has 0 aliphatic heterocycles. The Labute approximate surface area is 109 Å². The van der Waals surface area contributed by atoms with Gasteiger partial charge in [0.1, 0.15) is 6.10 Å². The van der Waals surface area contributed by atoms with Crippen LogP contribution < -0.4 is 10.1 Å². The van der Waals surface area contributed by atoms with Crippen molar-refractivity contribution in [2.45, 2.75) is 26.9 Å². The van der Waals surface area contributed by atoms with Crippen molar-refractivity contribution in [3.05, 3.63) is 11.8 Å². The van der Waals surface area contributed by atoms with Crippen LogP contribution in [0.3, 0.4) is 0 Å². The van der Waals surface area contributed by atoms with Gasteiger partial charge in [0.25, 0.3) is 0 Å². The fourth-order valence-electron chi connectivity index (χ4n) is 1.72. The van der Waals surface area contributed by atoms with Gasteiger partial charge < -0.3 is 14.8 Å². The standard InChI is InChI=1S/C13H25N3O2/c1-10(2)7-14-8-12(9-17-5)18-13-6-11(3)15-16(13)4/h6,10,12,14H,7-9H2,1-5H3. The predicted octanol–water partition coefficient (Wildman–Crippen LogP) is 1.37. The molecule has 1 rings (SSSR count). The summed E-state index contributed by atoms with van der Waals surface area (Å²) in [6, 6.07) is 1.94. The second-order valence-corrected chi connectivity index (χ2v) is 4.99. The second kappa shape index (κ2) is 7.38. The topological polar surface area (TPSA) is 48.3 Å². The first-order valence-corrected chi connectivity index (χ1v) is 6.40. The highest BCUT2D eigenvalue weighted by atomic mass is 16.5. The summed E-state index contributed by atoms with van der Waals surface area (Å²) in [6.45, 7) is 8.64. The fourth-order valence-corrected chi connectivity index (χ4v) is 1.72. The summed E-state index contributed by atoms with van der Waals surface area (Å²) in [5, 5.41) is 7.64. The lowest BCUT2D eigenvalue weighted by Gasteiger charge is -2.19. The highest BCUT2D eigenvalue weighted by Crippen LogP contribution is 2.13. The first-order chi connectivity index (χ1) is 8.52. The van der Waals surface area contributed by atoms with Crippen molar-refractivity contribution in [3.8, 4) is 5.88 Å². The van der Waals surface area contributed by atoms with Crippen LogP contribution in [0.15, 0.2) is 6.07 Å². The molecule has 18 heavy (non-hydrogen) atoms. The van der Waals surface area contributed by atoms with E-state index in [-0.39, 0.29) is 6.10 Å². The Morgan fingerprint density at radius 1 is 1.39 bits per heavy atom. The molecule has 104 valence electrons. The Morgan fingerprint density at radius 2 is 2.11 bits per heavy atom. The first-order valence-electron chi connectivity index (χ1n) is 6.40. The van der Waals surface area contributed by atoms with Crippen molar-refractivity contribution in [1.29, 1.82) is 0 Å². The molecule has 1 unspecified atom stereocenters.